The van der Waals surface area contributed by atoms with Crippen molar-refractivity contribution in [2.75, 3.05) is 0 Å². The van der Waals surface area contributed by atoms with Gasteiger partial charge in [-0.1, -0.05) is 54.6 Å². The number of ether oxygens (including phenoxy) is 1. The van der Waals surface area contributed by atoms with Crippen LogP contribution in [0.1, 0.15) is 15.9 Å². The van der Waals surface area contributed by atoms with E-state index in [1.807, 2.05) is 42.5 Å². The summed E-state index contributed by atoms with van der Waals surface area (Å²) < 4.78 is 5.42. The van der Waals surface area contributed by atoms with E-state index in [0.29, 0.717) is 17.9 Å². The average molecular weight is 345 g/mol. The molecule has 0 amide bonds. The van der Waals surface area contributed by atoms with Crippen LogP contribution >= 0.6 is 0 Å². The fourth-order valence-electron chi connectivity index (χ4n) is 2.44. The van der Waals surface area contributed by atoms with E-state index in [4.69, 9.17) is 16.2 Å². The van der Waals surface area contributed by atoms with E-state index in [9.17, 15) is 4.79 Å². The van der Waals surface area contributed by atoms with Crippen LogP contribution in [0.15, 0.2) is 83.9 Å². The Kier molecular flexibility index (Phi) is 5.29. The summed E-state index contributed by atoms with van der Waals surface area (Å²) in [5, 5.41) is 0. The Bertz CT molecular complexity index is 898. The number of nitrogens with two attached hydrogens (primary N) is 2. The molecule has 0 radical (unpaired) electrons. The molecule has 0 aliphatic carbocycles. The van der Waals surface area contributed by atoms with E-state index in [-0.39, 0.29) is 5.96 Å². The second-order valence-electron chi connectivity index (χ2n) is 5.72. The standard InChI is InChI=1S/C21H19N3O2/c22-21(23)24-14-15-6-8-18(9-7-15)20(25)26-19-12-10-17(11-13-19)16-4-2-1-3-5-16/h1-13H,14H2,(H4,22,23,24). The SMILES string of the molecule is NC(N)=NCc1ccc(C(=O)Oc2ccc(-c3ccccc3)cc2)cc1. The quantitative estimate of drug-likeness (QED) is 0.321. The van der Waals surface area contributed by atoms with Crippen LogP contribution in [-0.2, 0) is 6.54 Å². The van der Waals surface area contributed by atoms with Crippen molar-refractivity contribution >= 4 is 11.9 Å². The first-order valence-corrected chi connectivity index (χ1v) is 8.14. The van der Waals surface area contributed by atoms with E-state index in [2.05, 4.69) is 4.99 Å². The number of nitrogens with zero attached hydrogens (tertiary/aromatic N) is 1. The number of aliphatic imine (C=N–C) groups is 1. The second-order valence-corrected chi connectivity index (χ2v) is 5.72. The third-order valence-electron chi connectivity index (χ3n) is 3.81. The summed E-state index contributed by atoms with van der Waals surface area (Å²) in [5.41, 5.74) is 14.2. The molecule has 5 heteroatoms. The molecule has 0 aromatic heterocycles. The van der Waals surface area contributed by atoms with Gasteiger partial charge in [-0.2, -0.15) is 0 Å². The molecule has 0 spiro atoms. The Hall–Kier alpha value is -3.60. The van der Waals surface area contributed by atoms with Gasteiger partial charge in [-0.15, -0.1) is 0 Å². The highest BCUT2D eigenvalue weighted by Gasteiger charge is 2.09. The predicted octanol–water partition coefficient (Wildman–Crippen LogP) is 3.35. The summed E-state index contributed by atoms with van der Waals surface area (Å²) in [6, 6.07) is 24.4. The summed E-state index contributed by atoms with van der Waals surface area (Å²) >= 11 is 0. The van der Waals surface area contributed by atoms with Crippen LogP contribution in [0.3, 0.4) is 0 Å². The van der Waals surface area contributed by atoms with E-state index in [1.54, 1.807) is 36.4 Å². The number of carbonyl (C=O) groups is 1. The first-order valence-electron chi connectivity index (χ1n) is 8.14. The Morgan fingerprint density at radius 2 is 1.42 bits per heavy atom. The maximum Gasteiger partial charge on any atom is 0.343 e. The fourth-order valence-corrected chi connectivity index (χ4v) is 2.44. The van der Waals surface area contributed by atoms with Crippen molar-refractivity contribution in [3.63, 3.8) is 0 Å². The van der Waals surface area contributed by atoms with Gasteiger partial charge in [0.25, 0.3) is 0 Å². The van der Waals surface area contributed by atoms with E-state index in [1.165, 1.54) is 0 Å². The van der Waals surface area contributed by atoms with Crippen LogP contribution in [0.25, 0.3) is 11.1 Å². The molecule has 26 heavy (non-hydrogen) atoms. The Balaban J connectivity index is 1.65. The van der Waals surface area contributed by atoms with E-state index in [0.717, 1.165) is 16.7 Å². The molecule has 0 fully saturated rings. The predicted molar refractivity (Wildman–Crippen MR) is 103 cm³/mol. The van der Waals surface area contributed by atoms with Crippen molar-refractivity contribution in [2.45, 2.75) is 6.54 Å². The number of hydrogen-bond donors (Lipinski definition) is 2. The summed E-state index contributed by atoms with van der Waals surface area (Å²) in [6.45, 7) is 0.374. The number of hydrogen-bond acceptors (Lipinski definition) is 3. The summed E-state index contributed by atoms with van der Waals surface area (Å²) in [4.78, 5) is 16.2. The molecular formula is C21H19N3O2. The zero-order valence-electron chi connectivity index (χ0n) is 14.1. The van der Waals surface area contributed by atoms with Gasteiger partial charge >= 0.3 is 5.97 Å². The van der Waals surface area contributed by atoms with Crippen molar-refractivity contribution in [2.24, 2.45) is 16.5 Å². The van der Waals surface area contributed by atoms with Crippen LogP contribution in [-0.4, -0.2) is 11.9 Å². The second kappa shape index (κ2) is 7.98. The molecule has 0 aliphatic rings. The van der Waals surface area contributed by atoms with Gasteiger partial charge in [-0.25, -0.2) is 9.79 Å². The summed E-state index contributed by atoms with van der Waals surface area (Å²) in [5.74, 6) is 0.123. The third-order valence-corrected chi connectivity index (χ3v) is 3.81. The monoisotopic (exact) mass is 345 g/mol. The van der Waals surface area contributed by atoms with Gasteiger partial charge in [-0.3, -0.25) is 0 Å². The van der Waals surface area contributed by atoms with Crippen molar-refractivity contribution in [1.82, 2.24) is 0 Å². The first-order chi connectivity index (χ1) is 12.6. The maximum atomic E-state index is 12.3. The van der Waals surface area contributed by atoms with E-state index < -0.39 is 5.97 Å². The smallest absolute Gasteiger partial charge is 0.343 e. The third kappa shape index (κ3) is 4.48. The summed E-state index contributed by atoms with van der Waals surface area (Å²) in [7, 11) is 0. The molecule has 0 saturated carbocycles. The van der Waals surface area contributed by atoms with Crippen LogP contribution < -0.4 is 16.2 Å². The van der Waals surface area contributed by atoms with E-state index >= 15 is 0 Å². The zero-order chi connectivity index (χ0) is 18.4. The van der Waals surface area contributed by atoms with Crippen molar-refractivity contribution in [3.05, 3.63) is 90.0 Å². The number of esters is 1. The summed E-state index contributed by atoms with van der Waals surface area (Å²) in [6.07, 6.45) is 0. The number of benzene rings is 3. The molecular weight excluding hydrogens is 326 g/mol. The Morgan fingerprint density at radius 1 is 0.808 bits per heavy atom. The van der Waals surface area contributed by atoms with Crippen LogP contribution in [0.2, 0.25) is 0 Å². The van der Waals surface area contributed by atoms with Gasteiger partial charge in [0.15, 0.2) is 5.96 Å². The lowest BCUT2D eigenvalue weighted by molar-refractivity contribution is 0.0735. The molecule has 0 aliphatic heterocycles. The van der Waals surface area contributed by atoms with Crippen LogP contribution in [0, 0.1) is 0 Å². The Labute approximate surface area is 151 Å². The van der Waals surface area contributed by atoms with Gasteiger partial charge in [0.1, 0.15) is 5.75 Å². The maximum absolute atomic E-state index is 12.3. The molecule has 0 heterocycles. The molecule has 0 bridgehead atoms. The molecule has 3 rings (SSSR count). The largest absolute Gasteiger partial charge is 0.423 e. The number of guanidine groups is 1. The van der Waals surface area contributed by atoms with Crippen LogP contribution in [0.4, 0.5) is 0 Å². The topological polar surface area (TPSA) is 90.7 Å². The molecule has 3 aromatic rings. The Morgan fingerprint density at radius 3 is 2.04 bits per heavy atom. The molecule has 0 atom stereocenters. The van der Waals surface area contributed by atoms with Gasteiger partial charge in [0.05, 0.1) is 12.1 Å². The van der Waals surface area contributed by atoms with Crippen LogP contribution in [0.5, 0.6) is 5.75 Å². The van der Waals surface area contributed by atoms with Crippen molar-refractivity contribution < 1.29 is 9.53 Å². The fraction of sp³-hybridized carbons (Fsp3) is 0.0476. The molecule has 5 nitrogen and oxygen atoms in total. The molecule has 0 saturated heterocycles. The lowest BCUT2D eigenvalue weighted by Crippen LogP contribution is -2.22. The number of carbonyl (C=O) groups excluding carboxylic acids is 1. The average Bonchev–Trinajstić information content (AvgIpc) is 2.68. The molecule has 4 N–H and O–H groups in total. The highest BCUT2D eigenvalue weighted by atomic mass is 16.5. The lowest BCUT2D eigenvalue weighted by Gasteiger charge is -2.07. The molecule has 0 unspecified atom stereocenters. The van der Waals surface area contributed by atoms with Gasteiger partial charge in [-0.05, 0) is 41.0 Å². The minimum absolute atomic E-state index is 0.0347. The van der Waals surface area contributed by atoms with Gasteiger partial charge < -0.3 is 16.2 Å². The molecule has 130 valence electrons. The van der Waals surface area contributed by atoms with Gasteiger partial charge in [0, 0.05) is 0 Å². The molecule has 3 aromatic carbocycles. The first kappa shape index (κ1) is 17.2. The van der Waals surface area contributed by atoms with Gasteiger partial charge in [0.2, 0.25) is 0 Å². The minimum atomic E-state index is -0.411. The van der Waals surface area contributed by atoms with Crippen molar-refractivity contribution in [1.29, 1.82) is 0 Å². The van der Waals surface area contributed by atoms with Crippen molar-refractivity contribution in [3.8, 4) is 16.9 Å². The highest BCUT2D eigenvalue weighted by molar-refractivity contribution is 5.91. The number of rotatable bonds is 5. The minimum Gasteiger partial charge on any atom is -0.423 e. The lowest BCUT2D eigenvalue weighted by atomic mass is 10.1. The highest BCUT2D eigenvalue weighted by Crippen LogP contribution is 2.22. The normalized spacial score (nSPS) is 10.2. The zero-order valence-corrected chi connectivity index (χ0v) is 14.1.